The van der Waals surface area contributed by atoms with E-state index >= 15 is 0 Å². The van der Waals surface area contributed by atoms with Crippen LogP contribution in [0, 0.1) is 0 Å². The molecule has 0 aromatic heterocycles. The molecule has 2 heterocycles. The third-order valence-corrected chi connectivity index (χ3v) is 8.86. The molecule has 3 aliphatic rings. The number of halogens is 4. The average Bonchev–Trinajstić information content (AvgIpc) is 3.00. The lowest BCUT2D eigenvalue weighted by Gasteiger charge is -2.56. The maximum atomic E-state index is 13.7. The molecule has 0 bridgehead atoms. The summed E-state index contributed by atoms with van der Waals surface area (Å²) in [6.45, 7) is 0.797. The lowest BCUT2D eigenvalue weighted by atomic mass is 9.59. The van der Waals surface area contributed by atoms with Crippen LogP contribution in [0.5, 0.6) is 0 Å². The molecule has 2 aromatic rings. The van der Waals surface area contributed by atoms with Crippen LogP contribution in [0.15, 0.2) is 30.3 Å². The lowest BCUT2D eigenvalue weighted by molar-refractivity contribution is -0.211. The zero-order chi connectivity index (χ0) is 22.0. The van der Waals surface area contributed by atoms with Crippen LogP contribution in [-0.2, 0) is 15.9 Å². The fourth-order valence-electron chi connectivity index (χ4n) is 5.78. The van der Waals surface area contributed by atoms with Crippen LogP contribution >= 0.6 is 46.4 Å². The molecule has 2 aliphatic heterocycles. The van der Waals surface area contributed by atoms with Crippen molar-refractivity contribution in [1.29, 1.82) is 0 Å². The van der Waals surface area contributed by atoms with Crippen molar-refractivity contribution in [3.05, 3.63) is 67.1 Å². The van der Waals surface area contributed by atoms with Gasteiger partial charge in [0.2, 0.25) is 0 Å². The Hall–Kier alpha value is -1.01. The van der Waals surface area contributed by atoms with Crippen LogP contribution in [0.3, 0.4) is 0 Å². The topological polar surface area (TPSA) is 49.8 Å². The van der Waals surface area contributed by atoms with Crippen LogP contribution < -0.4 is 0 Å². The quantitative estimate of drug-likeness (QED) is 0.374. The van der Waals surface area contributed by atoms with E-state index in [0.29, 0.717) is 26.0 Å². The van der Waals surface area contributed by atoms with Gasteiger partial charge in [0.25, 0.3) is 5.91 Å². The highest BCUT2D eigenvalue weighted by Gasteiger charge is 2.67. The second kappa shape index (κ2) is 7.79. The number of amides is 1. The average molecular weight is 501 g/mol. The molecule has 1 saturated carbocycles. The number of hydrogen-bond donors (Lipinski definition) is 1. The molecule has 3 atom stereocenters. The van der Waals surface area contributed by atoms with Crippen LogP contribution in [0.25, 0.3) is 0 Å². The van der Waals surface area contributed by atoms with Crippen molar-refractivity contribution in [3.63, 3.8) is 0 Å². The third-order valence-electron chi connectivity index (χ3n) is 7.06. The van der Waals surface area contributed by atoms with E-state index in [1.807, 2.05) is 30.3 Å². The largest absolute Gasteiger partial charge is 0.377 e. The molecule has 2 fully saturated rings. The van der Waals surface area contributed by atoms with Gasteiger partial charge < -0.3 is 14.7 Å². The van der Waals surface area contributed by atoms with Crippen LogP contribution in [0.2, 0.25) is 20.1 Å². The summed E-state index contributed by atoms with van der Waals surface area (Å²) in [5.74, 6) is -0.385. The van der Waals surface area contributed by atoms with E-state index in [1.165, 1.54) is 4.90 Å². The molecule has 1 amide bonds. The lowest BCUT2D eigenvalue weighted by Crippen LogP contribution is -2.65. The first-order valence-electron chi connectivity index (χ1n) is 10.4. The van der Waals surface area contributed by atoms with E-state index in [9.17, 15) is 9.90 Å². The Bertz CT molecular complexity index is 1060. The molecule has 31 heavy (non-hydrogen) atoms. The first-order chi connectivity index (χ1) is 14.9. The standard InChI is InChI=1S/C23H21Cl4NO3/c24-17-15-16(18(25)20(27)19(17)26)23(30)22(13-7-2-1-3-8-13)10-5-4-9-14(22)31-12-6-11-28(23)21(15)29/h1-3,7-8,14,30H,4-6,9-12H2/t14-,22-,23+/m1/s1. The summed E-state index contributed by atoms with van der Waals surface area (Å²) >= 11 is 26.0. The zero-order valence-electron chi connectivity index (χ0n) is 16.6. The zero-order valence-corrected chi connectivity index (χ0v) is 19.7. The molecule has 164 valence electrons. The Kier molecular flexibility index (Phi) is 5.48. The Morgan fingerprint density at radius 3 is 2.42 bits per heavy atom. The van der Waals surface area contributed by atoms with Gasteiger partial charge in [0.15, 0.2) is 5.72 Å². The Balaban J connectivity index is 1.90. The number of benzene rings is 2. The fraction of sp³-hybridized carbons (Fsp3) is 0.435. The van der Waals surface area contributed by atoms with Gasteiger partial charge in [-0.2, -0.15) is 0 Å². The number of hydrogen-bond acceptors (Lipinski definition) is 3. The van der Waals surface area contributed by atoms with Gasteiger partial charge in [-0.25, -0.2) is 0 Å². The summed E-state index contributed by atoms with van der Waals surface area (Å²) in [5.41, 5.74) is -1.45. The summed E-state index contributed by atoms with van der Waals surface area (Å²) in [5, 5.41) is 12.9. The number of carbonyl (C=O) groups is 1. The highest BCUT2D eigenvalue weighted by molar-refractivity contribution is 6.53. The Morgan fingerprint density at radius 1 is 0.968 bits per heavy atom. The van der Waals surface area contributed by atoms with Crippen molar-refractivity contribution in [3.8, 4) is 0 Å². The van der Waals surface area contributed by atoms with Gasteiger partial charge in [0, 0.05) is 18.7 Å². The van der Waals surface area contributed by atoms with Crippen molar-refractivity contribution in [2.24, 2.45) is 0 Å². The number of fused-ring (bicyclic) bond motifs is 5. The minimum Gasteiger partial charge on any atom is -0.377 e. The van der Waals surface area contributed by atoms with Gasteiger partial charge in [-0.15, -0.1) is 0 Å². The van der Waals surface area contributed by atoms with Gasteiger partial charge in [-0.3, -0.25) is 4.79 Å². The van der Waals surface area contributed by atoms with E-state index in [-0.39, 0.29) is 43.2 Å². The van der Waals surface area contributed by atoms with Crippen LogP contribution in [0.4, 0.5) is 0 Å². The molecule has 0 spiro atoms. The van der Waals surface area contributed by atoms with Gasteiger partial charge in [-0.05, 0) is 24.8 Å². The summed E-state index contributed by atoms with van der Waals surface area (Å²) in [6, 6.07) is 9.76. The second-order valence-electron chi connectivity index (χ2n) is 8.43. The van der Waals surface area contributed by atoms with Gasteiger partial charge in [0.1, 0.15) is 0 Å². The summed E-state index contributed by atoms with van der Waals surface area (Å²) in [7, 11) is 0. The molecule has 1 saturated heterocycles. The second-order valence-corrected chi connectivity index (χ2v) is 9.94. The summed E-state index contributed by atoms with van der Waals surface area (Å²) in [6.07, 6.45) is 3.52. The molecule has 1 N–H and O–H groups in total. The molecular weight excluding hydrogens is 480 g/mol. The van der Waals surface area contributed by atoms with Crippen molar-refractivity contribution in [1.82, 2.24) is 4.90 Å². The number of aliphatic hydroxyl groups is 1. The predicted octanol–water partition coefficient (Wildman–Crippen LogP) is 6.20. The highest BCUT2D eigenvalue weighted by Crippen LogP contribution is 2.61. The summed E-state index contributed by atoms with van der Waals surface area (Å²) < 4.78 is 6.36. The Morgan fingerprint density at radius 2 is 1.68 bits per heavy atom. The molecule has 4 nitrogen and oxygen atoms in total. The fourth-order valence-corrected chi connectivity index (χ4v) is 6.85. The number of ether oxygens (including phenoxy) is 1. The minimum absolute atomic E-state index is 0.0183. The number of nitrogens with zero attached hydrogens (tertiary/aromatic N) is 1. The van der Waals surface area contributed by atoms with Crippen molar-refractivity contribution >= 4 is 52.3 Å². The van der Waals surface area contributed by atoms with E-state index in [2.05, 4.69) is 0 Å². The van der Waals surface area contributed by atoms with Crippen molar-refractivity contribution in [2.75, 3.05) is 13.2 Å². The molecule has 0 unspecified atom stereocenters. The van der Waals surface area contributed by atoms with Gasteiger partial charge >= 0.3 is 0 Å². The molecule has 5 rings (SSSR count). The van der Waals surface area contributed by atoms with Crippen molar-refractivity contribution in [2.45, 2.75) is 49.3 Å². The van der Waals surface area contributed by atoms with E-state index < -0.39 is 11.1 Å². The first-order valence-corrected chi connectivity index (χ1v) is 11.9. The van der Waals surface area contributed by atoms with E-state index in [1.54, 1.807) is 0 Å². The maximum absolute atomic E-state index is 13.7. The normalized spacial score (nSPS) is 30.3. The third kappa shape index (κ3) is 2.79. The van der Waals surface area contributed by atoms with E-state index in [4.69, 9.17) is 51.1 Å². The molecule has 8 heteroatoms. The monoisotopic (exact) mass is 499 g/mol. The number of carbonyl (C=O) groups excluding carboxylic acids is 1. The minimum atomic E-state index is -1.78. The summed E-state index contributed by atoms with van der Waals surface area (Å²) in [4.78, 5) is 15.2. The van der Waals surface area contributed by atoms with Crippen LogP contribution in [0.1, 0.15) is 53.6 Å². The van der Waals surface area contributed by atoms with Gasteiger partial charge in [0.05, 0.1) is 37.2 Å². The number of rotatable bonds is 1. The predicted molar refractivity (Wildman–Crippen MR) is 122 cm³/mol. The highest BCUT2D eigenvalue weighted by atomic mass is 35.5. The van der Waals surface area contributed by atoms with Crippen LogP contribution in [-0.4, -0.2) is 35.2 Å². The van der Waals surface area contributed by atoms with Gasteiger partial charge in [-0.1, -0.05) is 89.6 Å². The SMILES string of the molecule is O=C1c2c(Cl)c(Cl)c(Cl)c(Cl)c2[C@@]2(O)N1CCCO[C@@H]1CCCC[C@@]12c1ccccc1. The molecular formula is C23H21Cl4NO3. The molecule has 2 aromatic carbocycles. The molecule has 1 aliphatic carbocycles. The Labute approximate surface area is 201 Å². The maximum Gasteiger partial charge on any atom is 0.258 e. The smallest absolute Gasteiger partial charge is 0.258 e. The first kappa shape index (κ1) is 21.8. The molecule has 0 radical (unpaired) electrons. The van der Waals surface area contributed by atoms with E-state index in [0.717, 1.165) is 24.8 Å². The van der Waals surface area contributed by atoms with Crippen molar-refractivity contribution < 1.29 is 14.6 Å².